The quantitative estimate of drug-likeness (QED) is 0.767. The largest absolute Gasteiger partial charge is 0.452 e. The second-order valence-corrected chi connectivity index (χ2v) is 5.82. The Morgan fingerprint density at radius 1 is 1.29 bits per heavy atom. The molecule has 1 atom stereocenters. The monoisotopic (exact) mass is 334 g/mol. The number of fused-ring (bicyclic) bond motifs is 1. The fourth-order valence-electron chi connectivity index (χ4n) is 2.25. The third-order valence-corrected chi connectivity index (χ3v) is 3.32. The van der Waals surface area contributed by atoms with Crippen LogP contribution in [0, 0.1) is 0 Å². The number of methoxy groups -OCH3 is 1. The number of rotatable bonds is 7. The molecule has 0 aliphatic rings. The highest BCUT2D eigenvalue weighted by molar-refractivity contribution is 5.94. The lowest BCUT2D eigenvalue weighted by atomic mass is 10.2. The van der Waals surface area contributed by atoms with Gasteiger partial charge in [-0.05, 0) is 26.8 Å². The Bertz CT molecular complexity index is 726. The van der Waals surface area contributed by atoms with Crippen molar-refractivity contribution in [2.24, 2.45) is 0 Å². The Morgan fingerprint density at radius 2 is 2.04 bits per heavy atom. The van der Waals surface area contributed by atoms with Gasteiger partial charge in [0.25, 0.3) is 5.91 Å². The van der Waals surface area contributed by atoms with Crippen molar-refractivity contribution in [2.75, 3.05) is 20.3 Å². The molecule has 0 spiro atoms. The molecule has 24 heavy (non-hydrogen) atoms. The Hall–Kier alpha value is -2.48. The van der Waals surface area contributed by atoms with E-state index in [0.717, 1.165) is 5.39 Å². The summed E-state index contributed by atoms with van der Waals surface area (Å²) in [6.45, 7) is 5.84. The molecule has 8 heteroatoms. The van der Waals surface area contributed by atoms with E-state index in [4.69, 9.17) is 9.47 Å². The van der Waals surface area contributed by atoms with Crippen molar-refractivity contribution in [2.45, 2.75) is 32.9 Å². The highest BCUT2D eigenvalue weighted by Crippen LogP contribution is 2.17. The molecule has 2 aromatic rings. The van der Waals surface area contributed by atoms with Crippen LogP contribution in [0.3, 0.4) is 0 Å². The van der Waals surface area contributed by atoms with Crippen molar-refractivity contribution >= 4 is 22.9 Å². The maximum atomic E-state index is 12.1. The van der Waals surface area contributed by atoms with E-state index in [-0.39, 0.29) is 30.2 Å². The average molecular weight is 334 g/mol. The summed E-state index contributed by atoms with van der Waals surface area (Å²) < 4.78 is 11.7. The number of nitrogens with one attached hydrogen (secondary N) is 1. The number of amides is 1. The van der Waals surface area contributed by atoms with Crippen LogP contribution in [-0.2, 0) is 14.3 Å². The Balaban J connectivity index is 1.97. The summed E-state index contributed by atoms with van der Waals surface area (Å²) in [5.74, 6) is -0.981. The number of carbonyl (C=O) groups is 2. The first-order valence-corrected chi connectivity index (χ1v) is 7.71. The van der Waals surface area contributed by atoms with Crippen LogP contribution in [0.5, 0.6) is 0 Å². The van der Waals surface area contributed by atoms with Crippen molar-refractivity contribution in [1.82, 2.24) is 20.1 Å². The molecule has 0 radical (unpaired) electrons. The van der Waals surface area contributed by atoms with Gasteiger partial charge in [0.2, 0.25) is 0 Å². The van der Waals surface area contributed by atoms with Crippen LogP contribution in [-0.4, -0.2) is 53.0 Å². The number of carbonyl (C=O) groups excluding carboxylic acids is 2. The summed E-state index contributed by atoms with van der Waals surface area (Å²) in [4.78, 5) is 28.0. The molecule has 2 heterocycles. The van der Waals surface area contributed by atoms with Gasteiger partial charge in [-0.1, -0.05) is 0 Å². The number of nitrogens with zero attached hydrogens (tertiary/aromatic N) is 3. The zero-order chi connectivity index (χ0) is 17.7. The predicted molar refractivity (Wildman–Crippen MR) is 87.7 cm³/mol. The van der Waals surface area contributed by atoms with Gasteiger partial charge < -0.3 is 14.8 Å². The van der Waals surface area contributed by atoms with Gasteiger partial charge in [0, 0.05) is 30.8 Å². The lowest BCUT2D eigenvalue weighted by molar-refractivity contribution is -0.125. The van der Waals surface area contributed by atoms with E-state index >= 15 is 0 Å². The van der Waals surface area contributed by atoms with Gasteiger partial charge in [0.15, 0.2) is 12.3 Å². The molecule has 1 N–H and O–H groups in total. The van der Waals surface area contributed by atoms with Crippen LogP contribution in [0.15, 0.2) is 18.5 Å². The molecular weight excluding hydrogens is 312 g/mol. The second-order valence-electron chi connectivity index (χ2n) is 5.82. The van der Waals surface area contributed by atoms with E-state index in [0.29, 0.717) is 12.3 Å². The van der Waals surface area contributed by atoms with Gasteiger partial charge >= 0.3 is 5.97 Å². The Morgan fingerprint density at radius 3 is 2.71 bits per heavy atom. The molecule has 2 rings (SSSR count). The molecule has 130 valence electrons. The molecule has 0 saturated heterocycles. The number of hydrogen-bond acceptors (Lipinski definition) is 6. The van der Waals surface area contributed by atoms with Crippen LogP contribution in [0.2, 0.25) is 0 Å². The van der Waals surface area contributed by atoms with E-state index in [9.17, 15) is 9.59 Å². The molecule has 0 aromatic carbocycles. The van der Waals surface area contributed by atoms with Gasteiger partial charge in [-0.3, -0.25) is 4.79 Å². The first-order chi connectivity index (χ1) is 11.4. The van der Waals surface area contributed by atoms with E-state index in [1.54, 1.807) is 31.0 Å². The van der Waals surface area contributed by atoms with Gasteiger partial charge in [0.05, 0.1) is 18.4 Å². The fourth-order valence-corrected chi connectivity index (χ4v) is 2.25. The maximum absolute atomic E-state index is 12.1. The van der Waals surface area contributed by atoms with Crippen LogP contribution in [0.25, 0.3) is 11.0 Å². The normalized spacial score (nSPS) is 12.4. The minimum absolute atomic E-state index is 0.152. The van der Waals surface area contributed by atoms with Crippen LogP contribution in [0.4, 0.5) is 0 Å². The molecule has 0 aliphatic heterocycles. The lowest BCUT2D eigenvalue weighted by Crippen LogP contribution is -2.38. The number of hydrogen-bond donors (Lipinski definition) is 1. The molecule has 0 bridgehead atoms. The summed E-state index contributed by atoms with van der Waals surface area (Å²) >= 11 is 0. The van der Waals surface area contributed by atoms with Crippen molar-refractivity contribution in [3.63, 3.8) is 0 Å². The minimum Gasteiger partial charge on any atom is -0.452 e. The topological polar surface area (TPSA) is 95.3 Å². The molecule has 0 saturated carbocycles. The number of pyridine rings is 1. The van der Waals surface area contributed by atoms with Gasteiger partial charge in [-0.2, -0.15) is 5.10 Å². The SMILES string of the molecule is COCC(C)NC(=O)COC(=O)c1cnc2c(cnn2C(C)C)c1. The van der Waals surface area contributed by atoms with Gasteiger partial charge in [0.1, 0.15) is 0 Å². The van der Waals surface area contributed by atoms with E-state index < -0.39 is 5.97 Å². The third-order valence-electron chi connectivity index (χ3n) is 3.32. The number of ether oxygens (including phenoxy) is 2. The van der Waals surface area contributed by atoms with Gasteiger partial charge in [-0.25, -0.2) is 14.5 Å². The fraction of sp³-hybridized carbons (Fsp3) is 0.500. The summed E-state index contributed by atoms with van der Waals surface area (Å²) in [7, 11) is 1.55. The zero-order valence-electron chi connectivity index (χ0n) is 14.3. The molecule has 8 nitrogen and oxygen atoms in total. The second kappa shape index (κ2) is 7.87. The Kier molecular flexibility index (Phi) is 5.86. The first kappa shape index (κ1) is 17.9. The number of esters is 1. The van der Waals surface area contributed by atoms with E-state index in [1.807, 2.05) is 13.8 Å². The van der Waals surface area contributed by atoms with Crippen molar-refractivity contribution in [1.29, 1.82) is 0 Å². The van der Waals surface area contributed by atoms with Crippen molar-refractivity contribution in [3.8, 4) is 0 Å². The highest BCUT2D eigenvalue weighted by Gasteiger charge is 2.15. The molecular formula is C16H22N4O4. The predicted octanol–water partition coefficient (Wildman–Crippen LogP) is 1.32. The molecule has 1 amide bonds. The smallest absolute Gasteiger partial charge is 0.340 e. The third kappa shape index (κ3) is 4.29. The summed E-state index contributed by atoms with van der Waals surface area (Å²) in [5.41, 5.74) is 0.983. The lowest BCUT2D eigenvalue weighted by Gasteiger charge is -2.12. The van der Waals surface area contributed by atoms with E-state index in [2.05, 4.69) is 15.4 Å². The van der Waals surface area contributed by atoms with Crippen LogP contribution < -0.4 is 5.32 Å². The maximum Gasteiger partial charge on any atom is 0.340 e. The molecule has 0 fully saturated rings. The van der Waals surface area contributed by atoms with Crippen molar-refractivity contribution < 1.29 is 19.1 Å². The molecule has 1 unspecified atom stereocenters. The summed E-state index contributed by atoms with van der Waals surface area (Å²) in [6.07, 6.45) is 3.08. The van der Waals surface area contributed by atoms with Gasteiger partial charge in [-0.15, -0.1) is 0 Å². The van der Waals surface area contributed by atoms with Crippen LogP contribution >= 0.6 is 0 Å². The standard InChI is InChI=1S/C16H22N4O4/c1-10(2)20-15-12(7-18-20)5-13(6-17-15)16(22)24-9-14(21)19-11(3)8-23-4/h5-7,10-11H,8-9H2,1-4H3,(H,19,21). The van der Waals surface area contributed by atoms with Crippen LogP contribution in [0.1, 0.15) is 37.2 Å². The average Bonchev–Trinajstić information content (AvgIpc) is 2.96. The van der Waals surface area contributed by atoms with Crippen molar-refractivity contribution in [3.05, 3.63) is 24.0 Å². The Labute approximate surface area is 140 Å². The van der Waals surface area contributed by atoms with E-state index in [1.165, 1.54) is 6.20 Å². The zero-order valence-corrected chi connectivity index (χ0v) is 14.3. The highest BCUT2D eigenvalue weighted by atomic mass is 16.5. The minimum atomic E-state index is -0.601. The first-order valence-electron chi connectivity index (χ1n) is 7.71. The summed E-state index contributed by atoms with van der Waals surface area (Å²) in [5, 5.41) is 7.66. The molecule has 0 aliphatic carbocycles. The summed E-state index contributed by atoms with van der Waals surface area (Å²) in [6, 6.07) is 1.67. The number of aromatic nitrogens is 3. The molecule has 2 aromatic heterocycles.